The highest BCUT2D eigenvalue weighted by atomic mass is 32.2. The van der Waals surface area contributed by atoms with Gasteiger partial charge in [-0.2, -0.15) is 0 Å². The molecule has 1 aromatic heterocycles. The number of aromatic amines is 1. The molecule has 2 N–H and O–H groups in total. The minimum Gasteiger partial charge on any atom is -0.339 e. The van der Waals surface area contributed by atoms with Crippen molar-refractivity contribution in [1.29, 1.82) is 0 Å². The molecular weight excluding hydrogens is 242 g/mol. The smallest absolute Gasteiger partial charge is 0.170 e. The summed E-state index contributed by atoms with van der Waals surface area (Å²) in [6.07, 6.45) is 4.80. The van der Waals surface area contributed by atoms with Crippen LogP contribution >= 0.6 is 11.8 Å². The quantitative estimate of drug-likeness (QED) is 0.783. The fraction of sp³-hybridized carbons (Fsp3) is 0.357. The Labute approximate surface area is 112 Å². The molecule has 0 fully saturated rings. The Kier molecular flexibility index (Phi) is 4.84. The zero-order valence-corrected chi connectivity index (χ0v) is 11.7. The van der Waals surface area contributed by atoms with Crippen LogP contribution in [0.1, 0.15) is 24.5 Å². The van der Waals surface area contributed by atoms with Gasteiger partial charge in [-0.1, -0.05) is 30.8 Å². The summed E-state index contributed by atoms with van der Waals surface area (Å²) in [5.74, 6) is 0. The van der Waals surface area contributed by atoms with E-state index < -0.39 is 0 Å². The second-order valence-corrected chi connectivity index (χ2v) is 5.30. The lowest BCUT2D eigenvalue weighted by Gasteiger charge is -2.08. The van der Waals surface area contributed by atoms with Crippen LogP contribution in [-0.4, -0.2) is 16.5 Å². The van der Waals surface area contributed by atoms with Crippen molar-refractivity contribution in [1.82, 2.24) is 15.3 Å². The van der Waals surface area contributed by atoms with Gasteiger partial charge in [0.1, 0.15) is 0 Å². The van der Waals surface area contributed by atoms with Crippen LogP contribution in [0, 0.1) is 6.92 Å². The first-order valence-corrected chi connectivity index (χ1v) is 7.08. The number of aryl methyl sites for hydroxylation is 1. The van der Waals surface area contributed by atoms with Crippen LogP contribution in [0.5, 0.6) is 0 Å². The Balaban J connectivity index is 2.01. The molecule has 0 saturated carbocycles. The molecule has 0 aliphatic heterocycles. The van der Waals surface area contributed by atoms with Crippen molar-refractivity contribution in [3.63, 3.8) is 0 Å². The molecule has 96 valence electrons. The zero-order valence-electron chi connectivity index (χ0n) is 10.9. The third-order valence-electron chi connectivity index (χ3n) is 2.68. The third kappa shape index (κ3) is 3.62. The minimum atomic E-state index is 0.940. The van der Waals surface area contributed by atoms with Crippen molar-refractivity contribution in [2.45, 2.75) is 36.9 Å². The molecule has 0 radical (unpaired) electrons. The summed E-state index contributed by atoms with van der Waals surface area (Å²) in [6, 6.07) is 6.60. The van der Waals surface area contributed by atoms with E-state index in [0.717, 1.165) is 18.2 Å². The highest BCUT2D eigenvalue weighted by molar-refractivity contribution is 7.99. The lowest BCUT2D eigenvalue weighted by molar-refractivity contribution is 0.675. The van der Waals surface area contributed by atoms with E-state index in [9.17, 15) is 0 Å². The molecule has 1 heterocycles. The molecule has 0 unspecified atom stereocenters. The highest BCUT2D eigenvalue weighted by Crippen LogP contribution is 2.28. The normalized spacial score (nSPS) is 10.8. The van der Waals surface area contributed by atoms with E-state index in [2.05, 4.69) is 47.3 Å². The summed E-state index contributed by atoms with van der Waals surface area (Å²) in [6.45, 7) is 6.35. The Bertz CT molecular complexity index is 480. The number of benzene rings is 1. The summed E-state index contributed by atoms with van der Waals surface area (Å²) < 4.78 is 0. The van der Waals surface area contributed by atoms with Crippen LogP contribution in [0.2, 0.25) is 0 Å². The third-order valence-corrected chi connectivity index (χ3v) is 3.77. The lowest BCUT2D eigenvalue weighted by atomic mass is 10.1. The second-order valence-electron chi connectivity index (χ2n) is 4.27. The fourth-order valence-corrected chi connectivity index (χ4v) is 2.56. The van der Waals surface area contributed by atoms with E-state index in [1.165, 1.54) is 22.4 Å². The van der Waals surface area contributed by atoms with Gasteiger partial charge in [-0.05, 0) is 37.1 Å². The molecule has 0 bridgehead atoms. The van der Waals surface area contributed by atoms with Gasteiger partial charge >= 0.3 is 0 Å². The number of nitrogens with one attached hydrogen (secondary N) is 2. The van der Waals surface area contributed by atoms with Crippen LogP contribution in [0.15, 0.2) is 40.6 Å². The monoisotopic (exact) mass is 261 g/mol. The largest absolute Gasteiger partial charge is 0.339 e. The number of rotatable bonds is 6. The molecule has 3 nitrogen and oxygen atoms in total. The van der Waals surface area contributed by atoms with E-state index in [1.807, 2.05) is 6.20 Å². The van der Waals surface area contributed by atoms with E-state index in [-0.39, 0.29) is 0 Å². The number of H-pyrrole nitrogens is 1. The average molecular weight is 261 g/mol. The fourth-order valence-electron chi connectivity index (χ4n) is 1.76. The summed E-state index contributed by atoms with van der Waals surface area (Å²) in [5.41, 5.74) is 2.64. The van der Waals surface area contributed by atoms with Gasteiger partial charge in [0.2, 0.25) is 0 Å². The number of aromatic nitrogens is 2. The maximum absolute atomic E-state index is 4.23. The first kappa shape index (κ1) is 13.2. The molecule has 2 rings (SSSR count). The molecule has 0 saturated heterocycles. The predicted molar refractivity (Wildman–Crippen MR) is 75.9 cm³/mol. The van der Waals surface area contributed by atoms with Crippen LogP contribution in [0.4, 0.5) is 0 Å². The van der Waals surface area contributed by atoms with Crippen molar-refractivity contribution in [2.24, 2.45) is 0 Å². The van der Waals surface area contributed by atoms with Gasteiger partial charge in [0, 0.05) is 23.8 Å². The summed E-state index contributed by atoms with van der Waals surface area (Å²) >= 11 is 1.67. The summed E-state index contributed by atoms with van der Waals surface area (Å²) in [5, 5.41) is 4.36. The highest BCUT2D eigenvalue weighted by Gasteiger charge is 2.04. The standard InChI is InChI=1S/C14H19N3S/c1-3-6-15-10-12-4-5-13(11(2)9-12)18-14-16-7-8-17-14/h4-5,7-9,15H,3,6,10H2,1-2H3,(H,16,17). The number of imidazole rings is 1. The van der Waals surface area contributed by atoms with Gasteiger partial charge in [-0.25, -0.2) is 4.98 Å². The maximum atomic E-state index is 4.23. The van der Waals surface area contributed by atoms with Crippen molar-refractivity contribution >= 4 is 11.8 Å². The Morgan fingerprint density at radius 1 is 1.39 bits per heavy atom. The molecule has 4 heteroatoms. The number of nitrogens with zero attached hydrogens (tertiary/aromatic N) is 1. The molecule has 0 atom stereocenters. The molecule has 0 aliphatic carbocycles. The van der Waals surface area contributed by atoms with E-state index >= 15 is 0 Å². The first-order chi connectivity index (χ1) is 8.79. The molecule has 1 aromatic carbocycles. The van der Waals surface area contributed by atoms with E-state index in [4.69, 9.17) is 0 Å². The van der Waals surface area contributed by atoms with Gasteiger partial charge in [0.25, 0.3) is 0 Å². The van der Waals surface area contributed by atoms with Crippen LogP contribution in [0.25, 0.3) is 0 Å². The average Bonchev–Trinajstić information content (AvgIpc) is 2.86. The molecule has 0 spiro atoms. The van der Waals surface area contributed by atoms with E-state index in [1.54, 1.807) is 18.0 Å². The number of hydrogen-bond acceptors (Lipinski definition) is 3. The van der Waals surface area contributed by atoms with E-state index in [0.29, 0.717) is 0 Å². The zero-order chi connectivity index (χ0) is 12.8. The molecule has 0 aliphatic rings. The molecular formula is C14H19N3S. The molecule has 0 amide bonds. The lowest BCUT2D eigenvalue weighted by Crippen LogP contribution is -2.13. The van der Waals surface area contributed by atoms with Gasteiger partial charge in [0.05, 0.1) is 0 Å². The van der Waals surface area contributed by atoms with Crippen molar-refractivity contribution in [3.8, 4) is 0 Å². The Hall–Kier alpha value is -1.26. The van der Waals surface area contributed by atoms with Crippen LogP contribution < -0.4 is 5.32 Å². The van der Waals surface area contributed by atoms with Crippen LogP contribution in [-0.2, 0) is 6.54 Å². The van der Waals surface area contributed by atoms with Crippen molar-refractivity contribution < 1.29 is 0 Å². The topological polar surface area (TPSA) is 40.7 Å². The Morgan fingerprint density at radius 3 is 2.94 bits per heavy atom. The molecule has 18 heavy (non-hydrogen) atoms. The summed E-state index contributed by atoms with van der Waals surface area (Å²) in [7, 11) is 0. The second kappa shape index (κ2) is 6.61. The summed E-state index contributed by atoms with van der Waals surface area (Å²) in [4.78, 5) is 8.59. The molecule has 2 aromatic rings. The van der Waals surface area contributed by atoms with Crippen LogP contribution in [0.3, 0.4) is 0 Å². The van der Waals surface area contributed by atoms with Crippen molar-refractivity contribution in [2.75, 3.05) is 6.54 Å². The maximum Gasteiger partial charge on any atom is 0.170 e. The van der Waals surface area contributed by atoms with Gasteiger partial charge in [-0.15, -0.1) is 0 Å². The minimum absolute atomic E-state index is 0.940. The number of hydrogen-bond donors (Lipinski definition) is 2. The predicted octanol–water partition coefficient (Wildman–Crippen LogP) is 3.37. The van der Waals surface area contributed by atoms with Gasteiger partial charge < -0.3 is 10.3 Å². The Morgan fingerprint density at radius 2 is 2.28 bits per heavy atom. The van der Waals surface area contributed by atoms with Gasteiger partial charge in [-0.3, -0.25) is 0 Å². The first-order valence-electron chi connectivity index (χ1n) is 6.27. The van der Waals surface area contributed by atoms with Crippen molar-refractivity contribution in [3.05, 3.63) is 41.7 Å². The van der Waals surface area contributed by atoms with Gasteiger partial charge in [0.15, 0.2) is 5.16 Å². The SMILES string of the molecule is CCCNCc1ccc(Sc2ncc[nH]2)c(C)c1.